The van der Waals surface area contributed by atoms with Gasteiger partial charge in [-0.3, -0.25) is 9.59 Å². The maximum absolute atomic E-state index is 12.4. The molecular formula is C25H28N2O5. The van der Waals surface area contributed by atoms with E-state index in [0.29, 0.717) is 25.8 Å². The number of fused-ring (bicyclic) bond motifs is 3. The van der Waals surface area contributed by atoms with Crippen LogP contribution >= 0.6 is 0 Å². The summed E-state index contributed by atoms with van der Waals surface area (Å²) >= 11 is 0. The van der Waals surface area contributed by atoms with Gasteiger partial charge in [-0.1, -0.05) is 48.5 Å². The van der Waals surface area contributed by atoms with E-state index in [-0.39, 0.29) is 36.8 Å². The molecule has 0 heterocycles. The minimum absolute atomic E-state index is 0.000903. The summed E-state index contributed by atoms with van der Waals surface area (Å²) in [6.45, 7) is 0.688. The summed E-state index contributed by atoms with van der Waals surface area (Å²) < 4.78 is 5.56. The van der Waals surface area contributed by atoms with Gasteiger partial charge in [-0.25, -0.2) is 4.79 Å². The van der Waals surface area contributed by atoms with Gasteiger partial charge in [-0.15, -0.1) is 0 Å². The van der Waals surface area contributed by atoms with Crippen molar-refractivity contribution in [1.29, 1.82) is 0 Å². The molecule has 0 unspecified atom stereocenters. The van der Waals surface area contributed by atoms with E-state index >= 15 is 0 Å². The lowest BCUT2D eigenvalue weighted by Crippen LogP contribution is -2.50. The van der Waals surface area contributed by atoms with Crippen molar-refractivity contribution in [3.05, 3.63) is 59.7 Å². The molecule has 2 aromatic rings. The van der Waals surface area contributed by atoms with E-state index in [0.717, 1.165) is 0 Å². The van der Waals surface area contributed by atoms with Crippen LogP contribution in [0.1, 0.15) is 42.7 Å². The van der Waals surface area contributed by atoms with Gasteiger partial charge < -0.3 is 20.1 Å². The number of amides is 2. The number of nitrogens with zero attached hydrogens (tertiary/aromatic N) is 1. The Bertz CT molecular complexity index is 969. The van der Waals surface area contributed by atoms with Gasteiger partial charge in [0.1, 0.15) is 6.61 Å². The second-order valence-corrected chi connectivity index (χ2v) is 8.59. The first-order chi connectivity index (χ1) is 15.4. The molecule has 7 heteroatoms. The molecular weight excluding hydrogens is 408 g/mol. The molecule has 2 aromatic carbocycles. The number of hydrogen-bond acceptors (Lipinski definition) is 4. The van der Waals surface area contributed by atoms with E-state index in [1.54, 1.807) is 11.9 Å². The lowest BCUT2D eigenvalue weighted by Gasteiger charge is -2.36. The highest BCUT2D eigenvalue weighted by Gasteiger charge is 2.37. The van der Waals surface area contributed by atoms with Crippen molar-refractivity contribution in [3.8, 4) is 11.1 Å². The quantitative estimate of drug-likeness (QED) is 0.659. The molecule has 2 N–H and O–H groups in total. The molecule has 2 aliphatic carbocycles. The zero-order valence-electron chi connectivity index (χ0n) is 18.1. The van der Waals surface area contributed by atoms with Crippen molar-refractivity contribution in [2.75, 3.05) is 20.2 Å². The van der Waals surface area contributed by atoms with Crippen molar-refractivity contribution in [1.82, 2.24) is 10.2 Å². The number of carboxylic acids is 1. The molecule has 2 amide bonds. The smallest absolute Gasteiger partial charge is 0.407 e. The van der Waals surface area contributed by atoms with E-state index in [1.807, 2.05) is 24.3 Å². The van der Waals surface area contributed by atoms with Crippen LogP contribution in [0.3, 0.4) is 0 Å². The van der Waals surface area contributed by atoms with E-state index in [4.69, 9.17) is 9.84 Å². The zero-order chi connectivity index (χ0) is 22.7. The van der Waals surface area contributed by atoms with Crippen LogP contribution in [0, 0.1) is 5.92 Å². The number of alkyl carbamates (subject to hydrolysis) is 1. The molecule has 0 radical (unpaired) electrons. The summed E-state index contributed by atoms with van der Waals surface area (Å²) in [6.07, 6.45) is 1.18. The Hall–Kier alpha value is -3.35. The molecule has 0 saturated heterocycles. The van der Waals surface area contributed by atoms with Gasteiger partial charge in [0.15, 0.2) is 0 Å². The molecule has 2 aliphatic rings. The molecule has 0 bridgehead atoms. The van der Waals surface area contributed by atoms with E-state index in [1.165, 1.54) is 22.3 Å². The van der Waals surface area contributed by atoms with E-state index in [9.17, 15) is 14.4 Å². The van der Waals surface area contributed by atoms with E-state index in [2.05, 4.69) is 29.6 Å². The predicted octanol–water partition coefficient (Wildman–Crippen LogP) is 3.63. The summed E-state index contributed by atoms with van der Waals surface area (Å²) in [5.74, 6) is -0.977. The molecule has 7 nitrogen and oxygen atoms in total. The van der Waals surface area contributed by atoms with Crippen molar-refractivity contribution in [2.45, 2.75) is 37.6 Å². The Balaban J connectivity index is 1.23. The van der Waals surface area contributed by atoms with Crippen molar-refractivity contribution < 1.29 is 24.2 Å². The molecule has 4 rings (SSSR count). The third-order valence-corrected chi connectivity index (χ3v) is 6.41. The molecule has 0 atom stereocenters. The molecule has 0 spiro atoms. The fourth-order valence-corrected chi connectivity index (χ4v) is 4.63. The monoisotopic (exact) mass is 436 g/mol. The van der Waals surface area contributed by atoms with Crippen LogP contribution < -0.4 is 5.32 Å². The van der Waals surface area contributed by atoms with Crippen molar-refractivity contribution in [2.24, 2.45) is 5.92 Å². The molecule has 0 aromatic heterocycles. The number of carboxylic acid groups (broad SMARTS) is 1. The highest BCUT2D eigenvalue weighted by atomic mass is 16.5. The first kappa shape index (κ1) is 21.9. The summed E-state index contributed by atoms with van der Waals surface area (Å²) in [5, 5.41) is 11.6. The summed E-state index contributed by atoms with van der Waals surface area (Å²) in [7, 11) is 1.69. The van der Waals surface area contributed by atoms with Gasteiger partial charge in [-0.05, 0) is 41.5 Å². The standard InChI is InChI=1S/C25H28N2O5/c1-27(12-6-11-23(28)29)24(30)16-13-17(14-16)26-25(31)32-15-22-20-9-4-2-7-18(20)19-8-3-5-10-21(19)22/h2-5,7-10,16-17,22H,6,11-15H2,1H3,(H,26,31)(H,28,29). The van der Waals surface area contributed by atoms with Gasteiger partial charge in [0.2, 0.25) is 5.91 Å². The average Bonchev–Trinajstić information content (AvgIpc) is 3.07. The van der Waals surface area contributed by atoms with Crippen LogP contribution in [0.2, 0.25) is 0 Å². The van der Waals surface area contributed by atoms with E-state index < -0.39 is 12.1 Å². The largest absolute Gasteiger partial charge is 0.481 e. The number of ether oxygens (including phenoxy) is 1. The Morgan fingerprint density at radius 2 is 1.62 bits per heavy atom. The first-order valence-electron chi connectivity index (χ1n) is 11.0. The fraction of sp³-hybridized carbons (Fsp3) is 0.400. The summed E-state index contributed by atoms with van der Waals surface area (Å²) in [5.41, 5.74) is 4.71. The fourth-order valence-electron chi connectivity index (χ4n) is 4.63. The van der Waals surface area contributed by atoms with Crippen LogP contribution in [0.15, 0.2) is 48.5 Å². The van der Waals surface area contributed by atoms with Crippen LogP contribution in [0.5, 0.6) is 0 Å². The average molecular weight is 437 g/mol. The second kappa shape index (κ2) is 9.42. The normalized spacial score (nSPS) is 18.8. The molecule has 0 aliphatic heterocycles. The number of nitrogens with one attached hydrogen (secondary N) is 1. The predicted molar refractivity (Wildman–Crippen MR) is 119 cm³/mol. The van der Waals surface area contributed by atoms with Crippen LogP contribution in [-0.2, 0) is 14.3 Å². The minimum Gasteiger partial charge on any atom is -0.481 e. The van der Waals surface area contributed by atoms with Crippen molar-refractivity contribution >= 4 is 18.0 Å². The highest BCUT2D eigenvalue weighted by Crippen LogP contribution is 2.44. The number of benzene rings is 2. The Labute approximate surface area is 187 Å². The zero-order valence-corrected chi connectivity index (χ0v) is 18.1. The SMILES string of the molecule is CN(CCCC(=O)O)C(=O)C1CC(NC(=O)OCC2c3ccccc3-c3ccccc32)C1. The number of carbonyl (C=O) groups excluding carboxylic acids is 2. The van der Waals surface area contributed by atoms with Gasteiger partial charge in [0, 0.05) is 37.9 Å². The van der Waals surface area contributed by atoms with Crippen molar-refractivity contribution in [3.63, 3.8) is 0 Å². The lowest BCUT2D eigenvalue weighted by atomic mass is 9.79. The minimum atomic E-state index is -0.859. The van der Waals surface area contributed by atoms with Crippen LogP contribution in [0.25, 0.3) is 11.1 Å². The van der Waals surface area contributed by atoms with Crippen LogP contribution in [-0.4, -0.2) is 54.2 Å². The third kappa shape index (κ3) is 4.61. The molecule has 1 fully saturated rings. The Kier molecular flexibility index (Phi) is 6.44. The molecule has 32 heavy (non-hydrogen) atoms. The maximum Gasteiger partial charge on any atom is 0.407 e. The molecule has 168 valence electrons. The number of aliphatic carboxylic acids is 1. The number of carbonyl (C=O) groups is 3. The van der Waals surface area contributed by atoms with Gasteiger partial charge in [-0.2, -0.15) is 0 Å². The number of rotatable bonds is 8. The summed E-state index contributed by atoms with van der Waals surface area (Å²) in [6, 6.07) is 16.3. The highest BCUT2D eigenvalue weighted by molar-refractivity contribution is 5.81. The number of hydrogen-bond donors (Lipinski definition) is 2. The van der Waals surface area contributed by atoms with Crippen LogP contribution in [0.4, 0.5) is 4.79 Å². The van der Waals surface area contributed by atoms with Gasteiger partial charge in [0.05, 0.1) is 0 Å². The molecule has 1 saturated carbocycles. The van der Waals surface area contributed by atoms with Gasteiger partial charge >= 0.3 is 12.1 Å². The van der Waals surface area contributed by atoms with Gasteiger partial charge in [0.25, 0.3) is 0 Å². The topological polar surface area (TPSA) is 95.9 Å². The third-order valence-electron chi connectivity index (χ3n) is 6.41. The maximum atomic E-state index is 12.4. The Morgan fingerprint density at radius 3 is 2.22 bits per heavy atom. The lowest BCUT2D eigenvalue weighted by molar-refractivity contribution is -0.140. The Morgan fingerprint density at radius 1 is 1.03 bits per heavy atom. The summed E-state index contributed by atoms with van der Waals surface area (Å²) in [4.78, 5) is 36.9. The second-order valence-electron chi connectivity index (χ2n) is 8.59. The first-order valence-corrected chi connectivity index (χ1v) is 11.0.